The highest BCUT2D eigenvalue weighted by molar-refractivity contribution is 7.99. The molecule has 0 aliphatic carbocycles. The lowest BCUT2D eigenvalue weighted by molar-refractivity contribution is 0.109. The van der Waals surface area contributed by atoms with Gasteiger partial charge in [-0.05, 0) is 17.9 Å². The molecule has 0 bridgehead atoms. The summed E-state index contributed by atoms with van der Waals surface area (Å²) >= 11 is 1.82. The third-order valence-corrected chi connectivity index (χ3v) is 4.17. The molecule has 2 N–H and O–H groups in total. The fraction of sp³-hybridized carbons (Fsp3) is 0.333. The number of hydrogen-bond donors (Lipinski definition) is 1. The predicted octanol–water partition coefficient (Wildman–Crippen LogP) is 2.91. The zero-order valence-corrected chi connectivity index (χ0v) is 12.2. The number of nitrogens with zero attached hydrogens (tertiary/aromatic N) is 2. The maximum Gasteiger partial charge on any atom is 0.161 e. The molecule has 0 fully saturated rings. The SMILES string of the molecule is CCSc1ccc(-c2nc(N)c3c(n2)CCOC3)cc1. The number of thioether (sulfide) groups is 1. The Hall–Kier alpha value is -1.59. The molecule has 0 radical (unpaired) electrons. The zero-order chi connectivity index (χ0) is 13.9. The van der Waals surface area contributed by atoms with E-state index in [2.05, 4.69) is 41.2 Å². The summed E-state index contributed by atoms with van der Waals surface area (Å²) in [7, 11) is 0. The van der Waals surface area contributed by atoms with Gasteiger partial charge in [0, 0.05) is 22.4 Å². The van der Waals surface area contributed by atoms with E-state index in [-0.39, 0.29) is 0 Å². The van der Waals surface area contributed by atoms with Crippen molar-refractivity contribution in [1.82, 2.24) is 9.97 Å². The first-order chi connectivity index (χ1) is 9.78. The van der Waals surface area contributed by atoms with Crippen LogP contribution in [0.1, 0.15) is 18.2 Å². The van der Waals surface area contributed by atoms with Crippen LogP contribution in [-0.2, 0) is 17.8 Å². The highest BCUT2D eigenvalue weighted by Gasteiger charge is 2.17. The molecule has 0 amide bonds. The summed E-state index contributed by atoms with van der Waals surface area (Å²) in [6.07, 6.45) is 0.804. The monoisotopic (exact) mass is 287 g/mol. The van der Waals surface area contributed by atoms with Gasteiger partial charge in [-0.3, -0.25) is 0 Å². The second-order valence-corrected chi connectivity index (χ2v) is 5.96. The number of ether oxygens (including phenoxy) is 1. The van der Waals surface area contributed by atoms with E-state index in [1.807, 2.05) is 11.8 Å². The molecule has 0 atom stereocenters. The highest BCUT2D eigenvalue weighted by atomic mass is 32.2. The molecule has 0 saturated carbocycles. The number of benzene rings is 1. The van der Waals surface area contributed by atoms with Gasteiger partial charge in [0.25, 0.3) is 0 Å². The van der Waals surface area contributed by atoms with Gasteiger partial charge >= 0.3 is 0 Å². The maximum absolute atomic E-state index is 6.02. The van der Waals surface area contributed by atoms with E-state index in [0.29, 0.717) is 24.9 Å². The Morgan fingerprint density at radius 2 is 2.05 bits per heavy atom. The first-order valence-corrected chi connectivity index (χ1v) is 7.72. The number of fused-ring (bicyclic) bond motifs is 1. The Morgan fingerprint density at radius 3 is 2.80 bits per heavy atom. The molecule has 0 unspecified atom stereocenters. The lowest BCUT2D eigenvalue weighted by Crippen LogP contribution is -2.16. The van der Waals surface area contributed by atoms with Crippen molar-refractivity contribution in [2.24, 2.45) is 0 Å². The first kappa shape index (κ1) is 13.4. The summed E-state index contributed by atoms with van der Waals surface area (Å²) in [5.41, 5.74) is 8.99. The molecule has 2 heterocycles. The summed E-state index contributed by atoms with van der Waals surface area (Å²) in [5.74, 6) is 2.31. The van der Waals surface area contributed by atoms with Crippen LogP contribution in [0.4, 0.5) is 5.82 Å². The fourth-order valence-corrected chi connectivity index (χ4v) is 2.91. The van der Waals surface area contributed by atoms with E-state index >= 15 is 0 Å². The Labute approximate surface area is 122 Å². The van der Waals surface area contributed by atoms with E-state index in [9.17, 15) is 0 Å². The van der Waals surface area contributed by atoms with Crippen molar-refractivity contribution >= 4 is 17.6 Å². The average molecular weight is 287 g/mol. The maximum atomic E-state index is 6.02. The molecule has 1 aliphatic rings. The van der Waals surface area contributed by atoms with Gasteiger partial charge in [-0.15, -0.1) is 11.8 Å². The van der Waals surface area contributed by atoms with Crippen LogP contribution in [0.5, 0.6) is 0 Å². The topological polar surface area (TPSA) is 61.0 Å². The molecule has 104 valence electrons. The minimum atomic E-state index is 0.521. The van der Waals surface area contributed by atoms with Crippen molar-refractivity contribution in [3.05, 3.63) is 35.5 Å². The Kier molecular flexibility index (Phi) is 3.89. The Bertz CT molecular complexity index is 613. The third-order valence-electron chi connectivity index (χ3n) is 3.28. The molecule has 1 aliphatic heterocycles. The number of anilines is 1. The lowest BCUT2D eigenvalue weighted by atomic mass is 10.1. The predicted molar refractivity (Wildman–Crippen MR) is 81.6 cm³/mol. The molecule has 3 rings (SSSR count). The van der Waals surface area contributed by atoms with Crippen LogP contribution < -0.4 is 5.73 Å². The zero-order valence-electron chi connectivity index (χ0n) is 11.4. The third kappa shape index (κ3) is 2.64. The van der Waals surface area contributed by atoms with Gasteiger partial charge in [-0.1, -0.05) is 19.1 Å². The van der Waals surface area contributed by atoms with Gasteiger partial charge in [0.05, 0.1) is 18.9 Å². The van der Waals surface area contributed by atoms with E-state index in [1.165, 1.54) is 4.90 Å². The summed E-state index contributed by atoms with van der Waals surface area (Å²) in [4.78, 5) is 10.3. The van der Waals surface area contributed by atoms with Crippen LogP contribution >= 0.6 is 11.8 Å². The van der Waals surface area contributed by atoms with Crippen molar-refractivity contribution < 1.29 is 4.74 Å². The molecule has 1 aromatic carbocycles. The standard InChI is InChI=1S/C15H17N3OS/c1-2-20-11-5-3-10(4-6-11)15-17-13-7-8-19-9-12(13)14(16)18-15/h3-6H,2,7-9H2,1H3,(H2,16,17,18). The molecule has 20 heavy (non-hydrogen) atoms. The van der Waals surface area contributed by atoms with E-state index in [4.69, 9.17) is 10.5 Å². The van der Waals surface area contributed by atoms with E-state index in [1.54, 1.807) is 0 Å². The number of aromatic nitrogens is 2. The smallest absolute Gasteiger partial charge is 0.161 e. The Morgan fingerprint density at radius 1 is 1.25 bits per heavy atom. The van der Waals surface area contributed by atoms with Gasteiger partial charge in [0.15, 0.2) is 5.82 Å². The number of hydrogen-bond acceptors (Lipinski definition) is 5. The fourth-order valence-electron chi connectivity index (χ4n) is 2.25. The minimum absolute atomic E-state index is 0.521. The normalized spacial score (nSPS) is 14.1. The van der Waals surface area contributed by atoms with Crippen molar-refractivity contribution in [3.63, 3.8) is 0 Å². The molecule has 1 aromatic heterocycles. The van der Waals surface area contributed by atoms with Crippen LogP contribution in [0.3, 0.4) is 0 Å². The van der Waals surface area contributed by atoms with Gasteiger partial charge in [0.1, 0.15) is 5.82 Å². The number of rotatable bonds is 3. The molecular formula is C15H17N3OS. The van der Waals surface area contributed by atoms with Crippen LogP contribution in [0.25, 0.3) is 11.4 Å². The van der Waals surface area contributed by atoms with Crippen molar-refractivity contribution in [2.75, 3.05) is 18.1 Å². The minimum Gasteiger partial charge on any atom is -0.383 e. The molecule has 4 nitrogen and oxygen atoms in total. The molecule has 0 saturated heterocycles. The Balaban J connectivity index is 1.95. The number of nitrogens with two attached hydrogens (primary N) is 1. The van der Waals surface area contributed by atoms with Crippen molar-refractivity contribution in [1.29, 1.82) is 0 Å². The first-order valence-electron chi connectivity index (χ1n) is 6.74. The molecule has 2 aromatic rings. The second kappa shape index (κ2) is 5.81. The van der Waals surface area contributed by atoms with E-state index < -0.39 is 0 Å². The van der Waals surface area contributed by atoms with E-state index in [0.717, 1.165) is 29.0 Å². The van der Waals surface area contributed by atoms with Crippen molar-refractivity contribution in [3.8, 4) is 11.4 Å². The summed E-state index contributed by atoms with van der Waals surface area (Å²) in [6.45, 7) is 3.37. The lowest BCUT2D eigenvalue weighted by Gasteiger charge is -2.17. The summed E-state index contributed by atoms with van der Waals surface area (Å²) in [6, 6.07) is 8.31. The van der Waals surface area contributed by atoms with Crippen LogP contribution in [0.2, 0.25) is 0 Å². The van der Waals surface area contributed by atoms with Crippen LogP contribution in [0.15, 0.2) is 29.2 Å². The highest BCUT2D eigenvalue weighted by Crippen LogP contribution is 2.26. The molecule has 5 heteroatoms. The van der Waals surface area contributed by atoms with Gasteiger partial charge in [-0.25, -0.2) is 9.97 Å². The van der Waals surface area contributed by atoms with Gasteiger partial charge < -0.3 is 10.5 Å². The number of nitrogen functional groups attached to an aromatic ring is 1. The van der Waals surface area contributed by atoms with Crippen LogP contribution in [-0.4, -0.2) is 22.3 Å². The average Bonchev–Trinajstić information content (AvgIpc) is 2.48. The quantitative estimate of drug-likeness (QED) is 0.880. The van der Waals surface area contributed by atoms with Gasteiger partial charge in [0.2, 0.25) is 0 Å². The summed E-state index contributed by atoms with van der Waals surface area (Å²) < 4.78 is 5.40. The largest absolute Gasteiger partial charge is 0.383 e. The van der Waals surface area contributed by atoms with Gasteiger partial charge in [-0.2, -0.15) is 0 Å². The van der Waals surface area contributed by atoms with Crippen LogP contribution in [0, 0.1) is 0 Å². The molecule has 0 spiro atoms. The second-order valence-electron chi connectivity index (χ2n) is 4.62. The summed E-state index contributed by atoms with van der Waals surface area (Å²) in [5, 5.41) is 0. The van der Waals surface area contributed by atoms with Crippen molar-refractivity contribution in [2.45, 2.75) is 24.8 Å². The molecular weight excluding hydrogens is 270 g/mol.